The first-order chi connectivity index (χ1) is 16.1. The van der Waals surface area contributed by atoms with E-state index in [-0.39, 0.29) is 12.2 Å². The van der Waals surface area contributed by atoms with Crippen LogP contribution in [0, 0.1) is 0 Å². The number of ether oxygens (including phenoxy) is 1. The van der Waals surface area contributed by atoms with Gasteiger partial charge in [0.2, 0.25) is 0 Å². The van der Waals surface area contributed by atoms with E-state index in [1.165, 1.54) is 6.07 Å². The maximum atomic E-state index is 12.7. The fraction of sp³-hybridized carbons (Fsp3) is 0.316. The second kappa shape index (κ2) is 9.27. The van der Waals surface area contributed by atoms with Gasteiger partial charge >= 0.3 is 19.4 Å². The van der Waals surface area contributed by atoms with E-state index in [9.17, 15) is 34.4 Å². The topological polar surface area (TPSA) is 222 Å². The minimum absolute atomic E-state index is 0.0824. The number of carboxylic acids is 1. The number of fused-ring (bicyclic) bond motifs is 1. The minimum atomic E-state index is -4.89. The number of rotatable bonds is 8. The summed E-state index contributed by atoms with van der Waals surface area (Å²) in [6.45, 7) is 0. The summed E-state index contributed by atoms with van der Waals surface area (Å²) >= 11 is 0. The summed E-state index contributed by atoms with van der Waals surface area (Å²) in [5.41, 5.74) is 5.87. The van der Waals surface area contributed by atoms with Gasteiger partial charge in [0.25, 0.3) is 0 Å². The lowest BCUT2D eigenvalue weighted by molar-refractivity contribution is -0.140. The van der Waals surface area contributed by atoms with Crippen molar-refractivity contribution in [3.05, 3.63) is 58.8 Å². The highest BCUT2D eigenvalue weighted by atomic mass is 31.2. The number of hydrogen-bond donors (Lipinski definition) is 7. The number of anilines is 1. The van der Waals surface area contributed by atoms with E-state index in [2.05, 4.69) is 9.97 Å². The van der Waals surface area contributed by atoms with Crippen molar-refractivity contribution in [1.29, 1.82) is 0 Å². The number of hydrogen-bond acceptors (Lipinski definition) is 9. The Hall–Kier alpha value is -3.10. The van der Waals surface area contributed by atoms with Crippen molar-refractivity contribution >= 4 is 30.4 Å². The summed E-state index contributed by atoms with van der Waals surface area (Å²) in [4.78, 5) is 40.5. The predicted octanol–water partition coefficient (Wildman–Crippen LogP) is -0.714. The number of benzene rings is 1. The lowest BCUT2D eigenvalue weighted by Gasteiger charge is -2.22. The van der Waals surface area contributed by atoms with Crippen molar-refractivity contribution in [3.63, 3.8) is 0 Å². The molecule has 6 atom stereocenters. The van der Waals surface area contributed by atoms with Gasteiger partial charge in [-0.3, -0.25) is 13.9 Å². The third-order valence-corrected chi connectivity index (χ3v) is 6.41. The maximum Gasteiger partial charge on any atom is 0.406 e. The molecule has 1 aliphatic rings. The zero-order chi connectivity index (χ0) is 24.6. The summed E-state index contributed by atoms with van der Waals surface area (Å²) in [5, 5.41) is 32.8. The Morgan fingerprint density at radius 1 is 1.32 bits per heavy atom. The normalized spacial score (nSPS) is 25.3. The Labute approximate surface area is 191 Å². The highest BCUT2D eigenvalue weighted by molar-refractivity contribution is 7.50. The quantitative estimate of drug-likeness (QED) is 0.193. The van der Waals surface area contributed by atoms with Crippen LogP contribution in [0.4, 0.5) is 5.82 Å². The molecule has 0 saturated carbocycles. The number of carboxylic acid groups (broad SMARTS) is 1. The van der Waals surface area contributed by atoms with Crippen molar-refractivity contribution in [1.82, 2.24) is 19.6 Å². The van der Waals surface area contributed by atoms with Crippen molar-refractivity contribution < 1.29 is 38.8 Å². The summed E-state index contributed by atoms with van der Waals surface area (Å²) in [7, 11) is -4.89. The number of aliphatic carboxylic acids is 1. The van der Waals surface area contributed by atoms with Crippen LogP contribution in [0.1, 0.15) is 11.8 Å². The number of nitrogens with one attached hydrogen (secondary N) is 2. The molecule has 1 aromatic carbocycles. The Bertz CT molecular complexity index is 1310. The smallest absolute Gasteiger partial charge is 0.406 e. The first-order valence-corrected chi connectivity index (χ1v) is 11.6. The van der Waals surface area contributed by atoms with Gasteiger partial charge in [-0.25, -0.2) is 14.4 Å². The molecule has 1 aliphatic heterocycles. The number of carbonyl (C=O) groups is 1. The zero-order valence-corrected chi connectivity index (χ0v) is 18.3. The highest BCUT2D eigenvalue weighted by Crippen LogP contribution is 2.44. The Kier molecular flexibility index (Phi) is 6.55. The zero-order valence-electron chi connectivity index (χ0n) is 17.4. The van der Waals surface area contributed by atoms with Gasteiger partial charge in [-0.05, 0) is 17.7 Å². The number of nitrogens with zero attached hydrogens (tertiary/aromatic N) is 2. The molecule has 15 heteroatoms. The molecule has 14 nitrogen and oxygen atoms in total. The molecule has 0 spiro atoms. The SMILES string of the molecule is Nc1ccn([C@@H]2O[C@H](OP(=O)(O)N[C@@H](Cc3c[nH]c4ccccc34)C(=O)O)[C@@H](O)[C@H]2O)c(=O)n1. The van der Waals surface area contributed by atoms with Gasteiger partial charge in [0, 0.05) is 29.7 Å². The molecule has 1 saturated heterocycles. The highest BCUT2D eigenvalue weighted by Gasteiger charge is 2.48. The molecular formula is C19H22N5O9P. The van der Waals surface area contributed by atoms with Gasteiger partial charge in [0.15, 0.2) is 12.5 Å². The van der Waals surface area contributed by atoms with E-state index in [4.69, 9.17) is 15.0 Å². The van der Waals surface area contributed by atoms with E-state index in [1.807, 2.05) is 5.09 Å². The largest absolute Gasteiger partial charge is 0.480 e. The Morgan fingerprint density at radius 3 is 2.76 bits per heavy atom. The number of aromatic amines is 1. The molecule has 0 amide bonds. The third kappa shape index (κ3) is 4.88. The standard InChI is InChI=1S/C19H22N5O9P/c20-13-5-6-24(19(29)22-13)16-14(25)15(26)18(32-16)33-34(30,31)23-12(17(27)28)7-9-8-21-11-4-2-1-3-10(9)11/h1-6,8,12,14-16,18,21,25-26H,7H2,(H,27,28)(H2,20,22,29)(H2,23,30,31)/t12-,14+,15-,16+,18+/m0/s1. The van der Waals surface area contributed by atoms with Gasteiger partial charge < -0.3 is 35.7 Å². The average molecular weight is 495 g/mol. The summed E-state index contributed by atoms with van der Waals surface area (Å²) in [6.07, 6.45) is -4.35. The van der Waals surface area contributed by atoms with Crippen LogP contribution in [0.15, 0.2) is 47.5 Å². The number of para-hydroxylation sites is 1. The Morgan fingerprint density at radius 2 is 2.06 bits per heavy atom. The van der Waals surface area contributed by atoms with Crippen LogP contribution in [0.5, 0.6) is 0 Å². The minimum Gasteiger partial charge on any atom is -0.480 e. The molecule has 1 fully saturated rings. The van der Waals surface area contributed by atoms with Crippen LogP contribution in [0.3, 0.4) is 0 Å². The van der Waals surface area contributed by atoms with E-state index in [1.54, 1.807) is 30.5 Å². The van der Waals surface area contributed by atoms with Crippen molar-refractivity contribution in [3.8, 4) is 0 Å². The van der Waals surface area contributed by atoms with Crippen LogP contribution >= 0.6 is 7.75 Å². The first kappa shape index (κ1) is 24.0. The van der Waals surface area contributed by atoms with Gasteiger partial charge in [-0.2, -0.15) is 4.98 Å². The number of H-pyrrole nitrogens is 1. The van der Waals surface area contributed by atoms with E-state index < -0.39 is 50.2 Å². The monoisotopic (exact) mass is 495 g/mol. The average Bonchev–Trinajstić information content (AvgIpc) is 3.29. The summed E-state index contributed by atoms with van der Waals surface area (Å²) in [6, 6.07) is 6.84. The van der Waals surface area contributed by atoms with Crippen molar-refractivity contribution in [2.24, 2.45) is 0 Å². The van der Waals surface area contributed by atoms with E-state index in [0.29, 0.717) is 5.56 Å². The molecule has 8 N–H and O–H groups in total. The molecule has 4 rings (SSSR count). The van der Waals surface area contributed by atoms with Crippen LogP contribution in [0.2, 0.25) is 0 Å². The number of aliphatic hydroxyl groups excluding tert-OH is 2. The van der Waals surface area contributed by atoms with Gasteiger partial charge in [-0.15, -0.1) is 0 Å². The molecule has 2 aromatic heterocycles. The fourth-order valence-electron chi connectivity index (χ4n) is 3.64. The van der Waals surface area contributed by atoms with Crippen LogP contribution in [-0.4, -0.2) is 65.3 Å². The lowest BCUT2D eigenvalue weighted by atomic mass is 10.1. The lowest BCUT2D eigenvalue weighted by Crippen LogP contribution is -2.39. The molecule has 182 valence electrons. The second-order valence-corrected chi connectivity index (χ2v) is 9.14. The van der Waals surface area contributed by atoms with Gasteiger partial charge in [0.1, 0.15) is 24.1 Å². The van der Waals surface area contributed by atoms with Crippen LogP contribution in [-0.2, 0) is 25.0 Å². The van der Waals surface area contributed by atoms with Crippen LogP contribution < -0.4 is 16.5 Å². The maximum absolute atomic E-state index is 12.7. The number of nitrogen functional groups attached to an aromatic ring is 1. The fourth-order valence-corrected chi connectivity index (χ4v) is 4.75. The first-order valence-electron chi connectivity index (χ1n) is 9.99. The summed E-state index contributed by atoms with van der Waals surface area (Å²) in [5.74, 6) is -1.51. The van der Waals surface area contributed by atoms with Crippen molar-refractivity contribution in [2.45, 2.75) is 37.2 Å². The number of aromatic nitrogens is 3. The van der Waals surface area contributed by atoms with Crippen molar-refractivity contribution in [2.75, 3.05) is 5.73 Å². The third-order valence-electron chi connectivity index (χ3n) is 5.28. The molecule has 1 unspecified atom stereocenters. The van der Waals surface area contributed by atoms with E-state index >= 15 is 0 Å². The van der Waals surface area contributed by atoms with Crippen LogP contribution in [0.25, 0.3) is 10.9 Å². The number of nitrogens with two attached hydrogens (primary N) is 1. The van der Waals surface area contributed by atoms with Gasteiger partial charge in [0.05, 0.1) is 0 Å². The molecule has 3 heterocycles. The molecular weight excluding hydrogens is 473 g/mol. The summed E-state index contributed by atoms with van der Waals surface area (Å²) < 4.78 is 23.7. The predicted molar refractivity (Wildman–Crippen MR) is 116 cm³/mol. The molecule has 3 aromatic rings. The molecule has 0 bridgehead atoms. The molecule has 0 aliphatic carbocycles. The number of aliphatic hydroxyl groups is 2. The van der Waals surface area contributed by atoms with Gasteiger partial charge in [-0.1, -0.05) is 18.2 Å². The molecule has 34 heavy (non-hydrogen) atoms. The molecule has 0 radical (unpaired) electrons. The van der Waals surface area contributed by atoms with E-state index in [0.717, 1.165) is 21.7 Å². The second-order valence-electron chi connectivity index (χ2n) is 7.63. The Balaban J connectivity index is 1.48.